The highest BCUT2D eigenvalue weighted by molar-refractivity contribution is 7.88. The Kier molecular flexibility index (Phi) is 5.25. The maximum absolute atomic E-state index is 12.5. The molecule has 130 valence electrons. The first-order valence-corrected chi connectivity index (χ1v) is 8.94. The molecule has 1 aromatic carbocycles. The third-order valence-corrected chi connectivity index (χ3v) is 5.07. The Morgan fingerprint density at radius 3 is 2.65 bits per heavy atom. The molecule has 0 bridgehead atoms. The van der Waals surface area contributed by atoms with E-state index < -0.39 is 15.6 Å². The molecule has 0 radical (unpaired) electrons. The number of fused-ring (bicyclic) bond motifs is 1. The van der Waals surface area contributed by atoms with Crippen LogP contribution in [-0.4, -0.2) is 26.5 Å². The molecular weight excluding hydrogens is 331 g/mol. The van der Waals surface area contributed by atoms with Gasteiger partial charge in [-0.3, -0.25) is 0 Å². The largest absolute Gasteiger partial charge is 0.534 e. The monoisotopic (exact) mass is 351 g/mol. The third kappa shape index (κ3) is 3.80. The molecule has 0 spiro atoms. The summed E-state index contributed by atoms with van der Waals surface area (Å²) in [6, 6.07) is 4.83. The Morgan fingerprint density at radius 1 is 1.35 bits per heavy atom. The SMILES string of the molecule is CCCN[C@@H]1CCc2c(OS(=O)(=O)C(F)(F)F)cccc2[C@@H]1C. The standard InChI is InChI=1S/C15H20F3NO3S/c1-3-9-19-13-8-7-12-11(10(13)2)5-4-6-14(12)22-23(20,21)15(16,17)18/h4-6,10,13,19H,3,7-9H2,1-2H3/t10-,13+/m0/s1. The lowest BCUT2D eigenvalue weighted by Crippen LogP contribution is -2.38. The topological polar surface area (TPSA) is 55.4 Å². The molecule has 4 nitrogen and oxygen atoms in total. The van der Waals surface area contributed by atoms with Crippen LogP contribution in [0.2, 0.25) is 0 Å². The van der Waals surface area contributed by atoms with Crippen LogP contribution in [0.15, 0.2) is 18.2 Å². The molecule has 1 aliphatic rings. The summed E-state index contributed by atoms with van der Waals surface area (Å²) in [6.07, 6.45) is 2.19. The number of benzene rings is 1. The van der Waals surface area contributed by atoms with E-state index in [1.54, 1.807) is 0 Å². The van der Waals surface area contributed by atoms with Crippen molar-refractivity contribution in [2.24, 2.45) is 0 Å². The molecule has 1 N–H and O–H groups in total. The minimum atomic E-state index is -5.65. The quantitative estimate of drug-likeness (QED) is 0.653. The van der Waals surface area contributed by atoms with Gasteiger partial charge in [-0.25, -0.2) is 0 Å². The van der Waals surface area contributed by atoms with Crippen LogP contribution >= 0.6 is 0 Å². The fourth-order valence-electron chi connectivity index (χ4n) is 2.90. The minimum Gasteiger partial charge on any atom is -0.376 e. The molecule has 0 saturated heterocycles. The van der Waals surface area contributed by atoms with Gasteiger partial charge in [-0.1, -0.05) is 26.0 Å². The second-order valence-electron chi connectivity index (χ2n) is 5.70. The lowest BCUT2D eigenvalue weighted by molar-refractivity contribution is -0.0500. The highest BCUT2D eigenvalue weighted by Gasteiger charge is 2.49. The molecule has 1 aliphatic carbocycles. The van der Waals surface area contributed by atoms with Crippen molar-refractivity contribution in [1.82, 2.24) is 5.32 Å². The van der Waals surface area contributed by atoms with Gasteiger partial charge in [0.15, 0.2) is 0 Å². The number of alkyl halides is 3. The van der Waals surface area contributed by atoms with Crippen LogP contribution in [0.4, 0.5) is 13.2 Å². The normalized spacial score (nSPS) is 21.8. The summed E-state index contributed by atoms with van der Waals surface area (Å²) in [6.45, 7) is 4.90. The Bertz CT molecular complexity index is 658. The van der Waals surface area contributed by atoms with Crippen molar-refractivity contribution in [2.75, 3.05) is 6.54 Å². The van der Waals surface area contributed by atoms with Crippen molar-refractivity contribution >= 4 is 10.1 Å². The molecule has 8 heteroatoms. The predicted octanol–water partition coefficient (Wildman–Crippen LogP) is 3.33. The van der Waals surface area contributed by atoms with Crippen molar-refractivity contribution in [1.29, 1.82) is 0 Å². The van der Waals surface area contributed by atoms with E-state index in [2.05, 4.69) is 16.4 Å². The summed E-state index contributed by atoms with van der Waals surface area (Å²) in [5, 5.41) is 3.41. The van der Waals surface area contributed by atoms with Gasteiger partial charge in [-0.2, -0.15) is 21.6 Å². The summed E-state index contributed by atoms with van der Waals surface area (Å²) >= 11 is 0. The molecule has 2 rings (SSSR count). The highest BCUT2D eigenvalue weighted by atomic mass is 32.2. The van der Waals surface area contributed by atoms with Crippen molar-refractivity contribution in [3.8, 4) is 5.75 Å². The van der Waals surface area contributed by atoms with Crippen LogP contribution in [0.25, 0.3) is 0 Å². The molecule has 0 aromatic heterocycles. The lowest BCUT2D eigenvalue weighted by Gasteiger charge is -2.32. The zero-order valence-corrected chi connectivity index (χ0v) is 13.8. The van der Waals surface area contributed by atoms with Gasteiger partial charge in [0, 0.05) is 6.04 Å². The van der Waals surface area contributed by atoms with Crippen molar-refractivity contribution in [3.63, 3.8) is 0 Å². The smallest absolute Gasteiger partial charge is 0.376 e. The molecule has 0 amide bonds. The van der Waals surface area contributed by atoms with Crippen LogP contribution in [0.5, 0.6) is 5.75 Å². The second-order valence-corrected chi connectivity index (χ2v) is 7.23. The van der Waals surface area contributed by atoms with Gasteiger partial charge in [0.25, 0.3) is 0 Å². The minimum absolute atomic E-state index is 0.0717. The van der Waals surface area contributed by atoms with Gasteiger partial charge in [-0.15, -0.1) is 0 Å². The van der Waals surface area contributed by atoms with E-state index in [-0.39, 0.29) is 17.7 Å². The van der Waals surface area contributed by atoms with Crippen LogP contribution < -0.4 is 9.50 Å². The number of halogens is 3. The Balaban J connectivity index is 2.29. The van der Waals surface area contributed by atoms with Gasteiger partial charge in [0.1, 0.15) is 5.75 Å². The number of hydrogen-bond acceptors (Lipinski definition) is 4. The maximum Gasteiger partial charge on any atom is 0.534 e. The van der Waals surface area contributed by atoms with Crippen molar-refractivity contribution in [3.05, 3.63) is 29.3 Å². The van der Waals surface area contributed by atoms with Crippen molar-refractivity contribution in [2.45, 2.75) is 50.6 Å². The fraction of sp³-hybridized carbons (Fsp3) is 0.600. The number of hydrogen-bond donors (Lipinski definition) is 1. The Labute approximate surface area is 134 Å². The van der Waals surface area contributed by atoms with E-state index in [9.17, 15) is 21.6 Å². The first-order valence-electron chi connectivity index (χ1n) is 7.53. The Hall–Kier alpha value is -1.28. The average Bonchev–Trinajstić information content (AvgIpc) is 2.46. The van der Waals surface area contributed by atoms with Crippen LogP contribution in [0.3, 0.4) is 0 Å². The third-order valence-electron chi connectivity index (χ3n) is 4.11. The Morgan fingerprint density at radius 2 is 2.04 bits per heavy atom. The van der Waals surface area contributed by atoms with E-state index >= 15 is 0 Å². The predicted molar refractivity (Wildman–Crippen MR) is 80.9 cm³/mol. The molecular formula is C15H20F3NO3S. The van der Waals surface area contributed by atoms with Crippen molar-refractivity contribution < 1.29 is 25.8 Å². The highest BCUT2D eigenvalue weighted by Crippen LogP contribution is 2.38. The van der Waals surface area contributed by atoms with Crippen LogP contribution in [0, 0.1) is 0 Å². The lowest BCUT2D eigenvalue weighted by atomic mass is 9.80. The summed E-state index contributed by atoms with van der Waals surface area (Å²) in [7, 11) is -5.65. The zero-order chi connectivity index (χ0) is 17.3. The molecule has 0 heterocycles. The fourth-order valence-corrected chi connectivity index (χ4v) is 3.38. The van der Waals surface area contributed by atoms with E-state index in [1.165, 1.54) is 12.1 Å². The summed E-state index contributed by atoms with van der Waals surface area (Å²) in [4.78, 5) is 0. The van der Waals surface area contributed by atoms with Crippen LogP contribution in [-0.2, 0) is 16.5 Å². The molecule has 0 unspecified atom stereocenters. The number of nitrogens with one attached hydrogen (secondary N) is 1. The first kappa shape index (κ1) is 18.1. The van der Waals surface area contributed by atoms with Gasteiger partial charge >= 0.3 is 15.6 Å². The van der Waals surface area contributed by atoms with E-state index in [0.29, 0.717) is 12.0 Å². The van der Waals surface area contributed by atoms with Gasteiger partial charge in [-0.05, 0) is 48.9 Å². The molecule has 2 atom stereocenters. The number of rotatable bonds is 5. The zero-order valence-electron chi connectivity index (χ0n) is 13.0. The van der Waals surface area contributed by atoms with Gasteiger partial charge < -0.3 is 9.50 Å². The summed E-state index contributed by atoms with van der Waals surface area (Å²) in [5.41, 5.74) is -4.05. The molecule has 0 fully saturated rings. The van der Waals surface area contributed by atoms with Gasteiger partial charge in [0.05, 0.1) is 0 Å². The van der Waals surface area contributed by atoms with Gasteiger partial charge in [0.2, 0.25) is 0 Å². The molecule has 0 saturated carbocycles. The average molecular weight is 351 g/mol. The maximum atomic E-state index is 12.5. The summed E-state index contributed by atoms with van der Waals surface area (Å²) in [5.74, 6) is -0.150. The summed E-state index contributed by atoms with van der Waals surface area (Å²) < 4.78 is 64.3. The molecule has 0 aliphatic heterocycles. The van der Waals surface area contributed by atoms with E-state index in [1.807, 2.05) is 13.0 Å². The molecule has 1 aromatic rings. The van der Waals surface area contributed by atoms with E-state index in [0.717, 1.165) is 24.9 Å². The van der Waals surface area contributed by atoms with Crippen LogP contribution in [0.1, 0.15) is 43.7 Å². The molecule has 23 heavy (non-hydrogen) atoms. The second kappa shape index (κ2) is 6.68. The van der Waals surface area contributed by atoms with E-state index in [4.69, 9.17) is 0 Å². The first-order chi connectivity index (χ1) is 10.7.